The summed E-state index contributed by atoms with van der Waals surface area (Å²) in [7, 11) is -4.03. The molecule has 2 aromatic carbocycles. The molecule has 108 valence electrons. The number of nitriles is 1. The van der Waals surface area contributed by atoms with Crippen molar-refractivity contribution in [2.45, 2.75) is 11.8 Å². The van der Waals surface area contributed by atoms with Crippen LogP contribution in [0.25, 0.3) is 0 Å². The summed E-state index contributed by atoms with van der Waals surface area (Å²) in [6.07, 6.45) is 0. The summed E-state index contributed by atoms with van der Waals surface area (Å²) < 4.78 is 39.8. The number of phenolic OH excluding ortho intramolecular Hbond substituents is 1. The van der Waals surface area contributed by atoms with E-state index >= 15 is 0 Å². The Balaban J connectivity index is 2.44. The maximum atomic E-state index is 13.2. The molecule has 0 atom stereocenters. The van der Waals surface area contributed by atoms with Crippen molar-refractivity contribution in [1.82, 2.24) is 0 Å². The number of hydrogen-bond donors (Lipinski definition) is 2. The van der Waals surface area contributed by atoms with Gasteiger partial charge in [-0.15, -0.1) is 0 Å². The van der Waals surface area contributed by atoms with E-state index in [2.05, 4.69) is 4.72 Å². The van der Waals surface area contributed by atoms with E-state index in [0.29, 0.717) is 5.56 Å². The van der Waals surface area contributed by atoms with E-state index < -0.39 is 15.8 Å². The van der Waals surface area contributed by atoms with Crippen LogP contribution in [0.3, 0.4) is 0 Å². The van der Waals surface area contributed by atoms with Crippen LogP contribution < -0.4 is 4.72 Å². The molecule has 5 nitrogen and oxygen atoms in total. The van der Waals surface area contributed by atoms with Crippen molar-refractivity contribution in [3.05, 3.63) is 53.3 Å². The molecular formula is C14H11FN2O3S. The van der Waals surface area contributed by atoms with Gasteiger partial charge in [0, 0.05) is 0 Å². The summed E-state index contributed by atoms with van der Waals surface area (Å²) in [5, 5.41) is 18.5. The fourth-order valence-corrected chi connectivity index (χ4v) is 2.79. The van der Waals surface area contributed by atoms with Crippen LogP contribution in [0, 0.1) is 24.1 Å². The SMILES string of the molecule is Cc1cccc(NS(=O)(=O)c2ccc(F)c(C#N)c2)c1O. The molecule has 0 aliphatic heterocycles. The van der Waals surface area contributed by atoms with Crippen molar-refractivity contribution >= 4 is 15.7 Å². The smallest absolute Gasteiger partial charge is 0.262 e. The Morgan fingerprint density at radius 3 is 2.67 bits per heavy atom. The molecule has 0 spiro atoms. The summed E-state index contributed by atoms with van der Waals surface area (Å²) in [5.74, 6) is -0.987. The highest BCUT2D eigenvalue weighted by atomic mass is 32.2. The van der Waals surface area contributed by atoms with Crippen molar-refractivity contribution in [2.75, 3.05) is 4.72 Å². The molecule has 0 aliphatic carbocycles. The Hall–Kier alpha value is -2.59. The zero-order valence-corrected chi connectivity index (χ0v) is 11.8. The van der Waals surface area contributed by atoms with Gasteiger partial charge in [0.05, 0.1) is 16.1 Å². The molecule has 0 fully saturated rings. The lowest BCUT2D eigenvalue weighted by Crippen LogP contribution is -2.13. The van der Waals surface area contributed by atoms with Crippen molar-refractivity contribution in [1.29, 1.82) is 5.26 Å². The topological polar surface area (TPSA) is 90.2 Å². The number of halogens is 1. The number of hydrogen-bond acceptors (Lipinski definition) is 4. The van der Waals surface area contributed by atoms with E-state index in [4.69, 9.17) is 5.26 Å². The number of anilines is 1. The molecule has 0 saturated heterocycles. The average molecular weight is 306 g/mol. The Labute approximate surface area is 121 Å². The molecule has 0 amide bonds. The van der Waals surface area contributed by atoms with Gasteiger partial charge in [0.2, 0.25) is 0 Å². The van der Waals surface area contributed by atoms with Gasteiger partial charge in [-0.2, -0.15) is 5.26 Å². The summed E-state index contributed by atoms with van der Waals surface area (Å²) in [6, 6.07) is 9.07. The number of para-hydroxylation sites is 1. The predicted octanol–water partition coefficient (Wildman–Crippen LogP) is 2.51. The lowest BCUT2D eigenvalue weighted by atomic mass is 10.2. The summed E-state index contributed by atoms with van der Waals surface area (Å²) in [5.41, 5.74) is 0.149. The highest BCUT2D eigenvalue weighted by molar-refractivity contribution is 7.92. The molecule has 0 aliphatic rings. The molecule has 0 bridgehead atoms. The van der Waals surface area contributed by atoms with Gasteiger partial charge in [-0.05, 0) is 36.8 Å². The van der Waals surface area contributed by atoms with Gasteiger partial charge in [0.1, 0.15) is 17.6 Å². The Kier molecular flexibility index (Phi) is 3.82. The average Bonchev–Trinajstić information content (AvgIpc) is 2.44. The molecule has 0 aromatic heterocycles. The molecule has 0 saturated carbocycles. The minimum absolute atomic E-state index is 0.0119. The van der Waals surface area contributed by atoms with Crippen LogP contribution in [0.4, 0.5) is 10.1 Å². The number of sulfonamides is 1. The largest absolute Gasteiger partial charge is 0.505 e. The normalized spacial score (nSPS) is 10.9. The first kappa shape index (κ1) is 14.8. The fourth-order valence-electron chi connectivity index (χ4n) is 1.70. The Morgan fingerprint density at radius 1 is 1.29 bits per heavy atom. The van der Waals surface area contributed by atoms with Crippen LogP contribution in [-0.2, 0) is 10.0 Å². The molecule has 2 rings (SSSR count). The third kappa shape index (κ3) is 2.95. The second-order valence-corrected chi connectivity index (χ2v) is 6.01. The molecule has 2 N–H and O–H groups in total. The zero-order valence-electron chi connectivity index (χ0n) is 11.0. The molecule has 0 heterocycles. The second kappa shape index (κ2) is 5.42. The van der Waals surface area contributed by atoms with Gasteiger partial charge in [-0.25, -0.2) is 12.8 Å². The van der Waals surface area contributed by atoms with Crippen LogP contribution in [0.2, 0.25) is 0 Å². The first-order chi connectivity index (χ1) is 9.85. The predicted molar refractivity (Wildman–Crippen MR) is 74.8 cm³/mol. The molecule has 7 heteroatoms. The molecular weight excluding hydrogens is 295 g/mol. The third-order valence-electron chi connectivity index (χ3n) is 2.85. The quantitative estimate of drug-likeness (QED) is 0.853. The van der Waals surface area contributed by atoms with Gasteiger partial charge >= 0.3 is 0 Å². The number of nitrogens with zero attached hydrogens (tertiary/aromatic N) is 1. The lowest BCUT2D eigenvalue weighted by Gasteiger charge is -2.11. The van der Waals surface area contributed by atoms with Crippen molar-refractivity contribution in [3.8, 4) is 11.8 Å². The highest BCUT2D eigenvalue weighted by Crippen LogP contribution is 2.29. The first-order valence-electron chi connectivity index (χ1n) is 5.86. The maximum Gasteiger partial charge on any atom is 0.262 e. The van der Waals surface area contributed by atoms with Gasteiger partial charge in [-0.3, -0.25) is 4.72 Å². The third-order valence-corrected chi connectivity index (χ3v) is 4.21. The van der Waals surface area contributed by atoms with Gasteiger partial charge in [0.15, 0.2) is 0 Å². The number of benzene rings is 2. The van der Waals surface area contributed by atoms with E-state index in [1.54, 1.807) is 25.1 Å². The number of aromatic hydroxyl groups is 1. The van der Waals surface area contributed by atoms with Crippen LogP contribution >= 0.6 is 0 Å². The van der Waals surface area contributed by atoms with Crippen LogP contribution in [0.1, 0.15) is 11.1 Å². The van der Waals surface area contributed by atoms with Crippen molar-refractivity contribution in [3.63, 3.8) is 0 Å². The Bertz CT molecular complexity index is 842. The zero-order chi connectivity index (χ0) is 15.6. The first-order valence-corrected chi connectivity index (χ1v) is 7.34. The molecule has 0 unspecified atom stereocenters. The van der Waals surface area contributed by atoms with Gasteiger partial charge in [0.25, 0.3) is 10.0 Å². The van der Waals surface area contributed by atoms with Crippen LogP contribution in [0.15, 0.2) is 41.3 Å². The minimum atomic E-state index is -4.03. The van der Waals surface area contributed by atoms with Gasteiger partial charge < -0.3 is 5.11 Å². The number of aryl methyl sites for hydroxylation is 1. The monoisotopic (exact) mass is 306 g/mol. The summed E-state index contributed by atoms with van der Waals surface area (Å²) in [6.45, 7) is 1.62. The Morgan fingerprint density at radius 2 is 2.00 bits per heavy atom. The molecule has 2 aromatic rings. The van der Waals surface area contributed by atoms with E-state index in [0.717, 1.165) is 18.2 Å². The highest BCUT2D eigenvalue weighted by Gasteiger charge is 2.18. The number of nitrogens with one attached hydrogen (secondary N) is 1. The molecule has 0 radical (unpaired) electrons. The standard InChI is InChI=1S/C14H11FN2O3S/c1-9-3-2-4-13(14(9)18)17-21(19,20)11-5-6-12(15)10(7-11)8-16/h2-7,17-18H,1H3. The fraction of sp³-hybridized carbons (Fsp3) is 0.0714. The van der Waals surface area contributed by atoms with Crippen LogP contribution in [-0.4, -0.2) is 13.5 Å². The van der Waals surface area contributed by atoms with Crippen molar-refractivity contribution in [2.24, 2.45) is 0 Å². The van der Waals surface area contributed by atoms with Crippen molar-refractivity contribution < 1.29 is 17.9 Å². The minimum Gasteiger partial charge on any atom is -0.505 e. The number of rotatable bonds is 3. The van der Waals surface area contributed by atoms with E-state index in [9.17, 15) is 17.9 Å². The van der Waals surface area contributed by atoms with E-state index in [1.807, 2.05) is 0 Å². The van der Waals surface area contributed by atoms with E-state index in [-0.39, 0.29) is 21.9 Å². The lowest BCUT2D eigenvalue weighted by molar-refractivity contribution is 0.473. The number of phenols is 1. The summed E-state index contributed by atoms with van der Waals surface area (Å²) in [4.78, 5) is -0.263. The van der Waals surface area contributed by atoms with E-state index in [1.165, 1.54) is 6.07 Å². The van der Waals surface area contributed by atoms with Gasteiger partial charge in [-0.1, -0.05) is 12.1 Å². The van der Waals surface area contributed by atoms with Crippen LogP contribution in [0.5, 0.6) is 5.75 Å². The second-order valence-electron chi connectivity index (χ2n) is 4.33. The maximum absolute atomic E-state index is 13.2. The summed E-state index contributed by atoms with van der Waals surface area (Å²) >= 11 is 0. The molecule has 21 heavy (non-hydrogen) atoms.